The number of hydrogen-bond acceptors (Lipinski definition) is 4. The van der Waals surface area contributed by atoms with Gasteiger partial charge in [-0.15, -0.1) is 11.3 Å². The largest absolute Gasteiger partial charge is 0.479 e. The summed E-state index contributed by atoms with van der Waals surface area (Å²) in [6.45, 7) is 1.66. The van der Waals surface area contributed by atoms with E-state index in [1.54, 1.807) is 25.1 Å². The SMILES string of the molecule is CC1Oc2ccc(C(=O)c3cc(Cl)sc3Cl)cc2NC1=O. The van der Waals surface area contributed by atoms with Crippen molar-refractivity contribution in [3.05, 3.63) is 44.1 Å². The minimum Gasteiger partial charge on any atom is -0.479 e. The quantitative estimate of drug-likeness (QED) is 0.839. The van der Waals surface area contributed by atoms with Gasteiger partial charge in [0.05, 0.1) is 15.6 Å². The number of ketones is 1. The van der Waals surface area contributed by atoms with Gasteiger partial charge in [0, 0.05) is 5.56 Å². The lowest BCUT2D eigenvalue weighted by Gasteiger charge is -2.23. The summed E-state index contributed by atoms with van der Waals surface area (Å²) < 4.78 is 6.24. The van der Waals surface area contributed by atoms with Crippen LogP contribution in [0.15, 0.2) is 24.3 Å². The summed E-state index contributed by atoms with van der Waals surface area (Å²) in [5.74, 6) is 0.0376. The van der Waals surface area contributed by atoms with E-state index in [0.717, 1.165) is 11.3 Å². The molecule has 1 N–H and O–H groups in total. The van der Waals surface area contributed by atoms with E-state index in [4.69, 9.17) is 27.9 Å². The summed E-state index contributed by atoms with van der Waals surface area (Å²) >= 11 is 13.0. The van der Waals surface area contributed by atoms with Crippen molar-refractivity contribution in [1.82, 2.24) is 0 Å². The third kappa shape index (κ3) is 2.64. The van der Waals surface area contributed by atoms with Crippen LogP contribution < -0.4 is 10.1 Å². The van der Waals surface area contributed by atoms with Crippen LogP contribution in [0.4, 0.5) is 5.69 Å². The molecule has 1 aromatic heterocycles. The number of amides is 1. The van der Waals surface area contributed by atoms with Crippen LogP contribution in [0, 0.1) is 0 Å². The molecule has 1 amide bonds. The molecule has 1 unspecified atom stereocenters. The molecule has 7 heteroatoms. The van der Waals surface area contributed by atoms with Gasteiger partial charge in [-0.25, -0.2) is 0 Å². The number of ether oxygens (including phenoxy) is 1. The molecule has 0 spiro atoms. The number of hydrogen-bond donors (Lipinski definition) is 1. The Bertz CT molecular complexity index is 757. The highest BCUT2D eigenvalue weighted by Gasteiger charge is 2.25. The van der Waals surface area contributed by atoms with E-state index >= 15 is 0 Å². The van der Waals surface area contributed by atoms with Crippen molar-refractivity contribution in [1.29, 1.82) is 0 Å². The predicted octanol–water partition coefficient (Wildman–Crippen LogP) is 4.01. The first-order valence-electron chi connectivity index (χ1n) is 6.07. The molecule has 0 saturated heterocycles. The summed E-state index contributed by atoms with van der Waals surface area (Å²) in [4.78, 5) is 24.0. The number of thiophene rings is 1. The van der Waals surface area contributed by atoms with Crippen LogP contribution in [0.2, 0.25) is 8.67 Å². The molecule has 0 aliphatic carbocycles. The fourth-order valence-corrected chi connectivity index (χ4v) is 3.46. The zero-order valence-electron chi connectivity index (χ0n) is 10.8. The molecule has 3 rings (SSSR count). The van der Waals surface area contributed by atoms with Gasteiger partial charge in [0.25, 0.3) is 5.91 Å². The fourth-order valence-electron chi connectivity index (χ4n) is 2.00. The maximum absolute atomic E-state index is 12.4. The number of fused-ring (bicyclic) bond motifs is 1. The van der Waals surface area contributed by atoms with Crippen LogP contribution >= 0.6 is 34.5 Å². The first-order chi connectivity index (χ1) is 9.95. The van der Waals surface area contributed by atoms with Gasteiger partial charge in [-0.3, -0.25) is 9.59 Å². The van der Waals surface area contributed by atoms with E-state index in [2.05, 4.69) is 5.32 Å². The Balaban J connectivity index is 1.97. The molecule has 0 radical (unpaired) electrons. The van der Waals surface area contributed by atoms with Crippen molar-refractivity contribution in [2.75, 3.05) is 5.32 Å². The van der Waals surface area contributed by atoms with E-state index in [-0.39, 0.29) is 11.7 Å². The Labute approximate surface area is 134 Å². The first-order valence-corrected chi connectivity index (χ1v) is 7.64. The molecule has 108 valence electrons. The Morgan fingerprint density at radius 1 is 1.33 bits per heavy atom. The molecule has 0 saturated carbocycles. The van der Waals surface area contributed by atoms with Gasteiger partial charge in [-0.2, -0.15) is 0 Å². The topological polar surface area (TPSA) is 55.4 Å². The fraction of sp³-hybridized carbons (Fsp3) is 0.143. The number of halogens is 2. The second-order valence-corrected chi connectivity index (χ2v) is 6.81. The lowest BCUT2D eigenvalue weighted by atomic mass is 10.0. The van der Waals surface area contributed by atoms with Crippen molar-refractivity contribution in [2.24, 2.45) is 0 Å². The lowest BCUT2D eigenvalue weighted by Crippen LogP contribution is -2.34. The number of benzene rings is 1. The van der Waals surface area contributed by atoms with E-state index in [1.165, 1.54) is 6.07 Å². The molecule has 0 bridgehead atoms. The normalized spacial score (nSPS) is 16.9. The van der Waals surface area contributed by atoms with Crippen LogP contribution in [-0.4, -0.2) is 17.8 Å². The summed E-state index contributed by atoms with van der Waals surface area (Å²) in [6.07, 6.45) is -0.552. The van der Waals surface area contributed by atoms with Crippen LogP contribution in [0.1, 0.15) is 22.8 Å². The van der Waals surface area contributed by atoms with E-state index in [0.29, 0.717) is 31.2 Å². The average molecular weight is 342 g/mol. The Morgan fingerprint density at radius 2 is 2.10 bits per heavy atom. The molecule has 21 heavy (non-hydrogen) atoms. The van der Waals surface area contributed by atoms with Gasteiger partial charge in [0.2, 0.25) is 0 Å². The Morgan fingerprint density at radius 3 is 2.76 bits per heavy atom. The summed E-state index contributed by atoms with van der Waals surface area (Å²) in [7, 11) is 0. The second kappa shape index (κ2) is 5.33. The Kier molecular flexibility index (Phi) is 3.65. The highest BCUT2D eigenvalue weighted by Crippen LogP contribution is 2.35. The molecule has 2 aromatic rings. The standard InChI is InChI=1S/C14H9Cl2NO3S/c1-6-14(19)17-9-4-7(2-3-10(9)20-6)12(18)8-5-11(15)21-13(8)16/h2-6H,1H3,(H,17,19). The summed E-state index contributed by atoms with van der Waals surface area (Å²) in [5, 5.41) is 2.70. The van der Waals surface area contributed by atoms with Gasteiger partial charge in [-0.05, 0) is 31.2 Å². The van der Waals surface area contributed by atoms with Gasteiger partial charge < -0.3 is 10.1 Å². The van der Waals surface area contributed by atoms with E-state index in [1.807, 2.05) is 0 Å². The molecule has 0 fully saturated rings. The molecule has 1 aliphatic heterocycles. The minimum absolute atomic E-state index is 0.247. The molecule has 1 aromatic carbocycles. The number of anilines is 1. The molecular formula is C14H9Cl2NO3S. The minimum atomic E-state index is -0.552. The third-order valence-corrected chi connectivity index (χ3v) is 4.56. The second-order valence-electron chi connectivity index (χ2n) is 4.53. The summed E-state index contributed by atoms with van der Waals surface area (Å²) in [5.41, 5.74) is 1.23. The highest BCUT2D eigenvalue weighted by molar-refractivity contribution is 7.20. The number of rotatable bonds is 2. The van der Waals surface area contributed by atoms with Crippen molar-refractivity contribution in [3.63, 3.8) is 0 Å². The van der Waals surface area contributed by atoms with Crippen LogP contribution in [0.5, 0.6) is 5.75 Å². The van der Waals surface area contributed by atoms with Crippen LogP contribution in [0.25, 0.3) is 0 Å². The van der Waals surface area contributed by atoms with Gasteiger partial charge in [0.1, 0.15) is 10.1 Å². The van der Waals surface area contributed by atoms with Crippen molar-refractivity contribution >= 4 is 51.9 Å². The van der Waals surface area contributed by atoms with Crippen molar-refractivity contribution < 1.29 is 14.3 Å². The zero-order chi connectivity index (χ0) is 15.1. The highest BCUT2D eigenvalue weighted by atomic mass is 35.5. The third-order valence-electron chi connectivity index (χ3n) is 3.07. The van der Waals surface area contributed by atoms with Crippen LogP contribution in [-0.2, 0) is 4.79 Å². The van der Waals surface area contributed by atoms with E-state index in [9.17, 15) is 9.59 Å². The van der Waals surface area contributed by atoms with Crippen LogP contribution in [0.3, 0.4) is 0 Å². The number of carbonyl (C=O) groups is 2. The van der Waals surface area contributed by atoms with Gasteiger partial charge >= 0.3 is 0 Å². The molecular weight excluding hydrogens is 333 g/mol. The van der Waals surface area contributed by atoms with Crippen molar-refractivity contribution in [3.8, 4) is 5.75 Å². The van der Waals surface area contributed by atoms with Crippen molar-refractivity contribution in [2.45, 2.75) is 13.0 Å². The smallest absolute Gasteiger partial charge is 0.265 e. The van der Waals surface area contributed by atoms with Gasteiger partial charge in [0.15, 0.2) is 11.9 Å². The van der Waals surface area contributed by atoms with E-state index < -0.39 is 6.10 Å². The first kappa shape index (κ1) is 14.4. The molecule has 4 nitrogen and oxygen atoms in total. The Hall–Kier alpha value is -1.56. The maximum Gasteiger partial charge on any atom is 0.265 e. The molecule has 1 aliphatic rings. The zero-order valence-corrected chi connectivity index (χ0v) is 13.1. The molecule has 2 heterocycles. The summed E-state index contributed by atoms with van der Waals surface area (Å²) in [6, 6.07) is 6.39. The lowest BCUT2D eigenvalue weighted by molar-refractivity contribution is -0.122. The maximum atomic E-state index is 12.4. The predicted molar refractivity (Wildman–Crippen MR) is 82.9 cm³/mol. The number of carbonyl (C=O) groups excluding carboxylic acids is 2. The number of nitrogens with one attached hydrogen (secondary N) is 1. The monoisotopic (exact) mass is 341 g/mol. The van der Waals surface area contributed by atoms with Gasteiger partial charge in [-0.1, -0.05) is 23.2 Å². The average Bonchev–Trinajstić information content (AvgIpc) is 2.78. The molecule has 1 atom stereocenters.